The van der Waals surface area contributed by atoms with E-state index in [1.54, 1.807) is 4.90 Å². The monoisotopic (exact) mass is 240 g/mol. The lowest BCUT2D eigenvalue weighted by atomic mass is 9.91. The van der Waals surface area contributed by atoms with Crippen LogP contribution >= 0.6 is 0 Å². The zero-order valence-electron chi connectivity index (χ0n) is 10.0. The maximum Gasteiger partial charge on any atom is 0.323 e. The highest BCUT2D eigenvalue weighted by Crippen LogP contribution is 2.24. The molecule has 17 heavy (non-hydrogen) atoms. The summed E-state index contributed by atoms with van der Waals surface area (Å²) >= 11 is 0. The van der Waals surface area contributed by atoms with Gasteiger partial charge < -0.3 is 9.47 Å². The molecule has 0 saturated carbocycles. The standard InChI is InChI=1S/C11H16N2O4/c1-16-10(14)8-3-5-13(6-4-12)9(7-8)11(15)17-2/h8-9H,3,5-7H2,1-2H3/t8-,9+/m0/s1. The van der Waals surface area contributed by atoms with Crippen molar-refractivity contribution in [2.24, 2.45) is 5.92 Å². The number of nitrogens with zero attached hydrogens (tertiary/aromatic N) is 2. The minimum Gasteiger partial charge on any atom is -0.469 e. The summed E-state index contributed by atoms with van der Waals surface area (Å²) < 4.78 is 9.36. The summed E-state index contributed by atoms with van der Waals surface area (Å²) in [7, 11) is 2.63. The fraction of sp³-hybridized carbons (Fsp3) is 0.727. The smallest absolute Gasteiger partial charge is 0.323 e. The highest BCUT2D eigenvalue weighted by molar-refractivity contribution is 5.78. The summed E-state index contributed by atoms with van der Waals surface area (Å²) in [6.07, 6.45) is 0.947. The van der Waals surface area contributed by atoms with E-state index in [4.69, 9.17) is 5.26 Å². The molecule has 1 aliphatic heterocycles. The Balaban J connectivity index is 2.73. The molecule has 0 amide bonds. The SMILES string of the molecule is COC(=O)[C@H]1CCN(CC#N)[C@@H](C(=O)OC)C1. The average Bonchev–Trinajstić information content (AvgIpc) is 2.37. The van der Waals surface area contributed by atoms with Crippen LogP contribution in [0, 0.1) is 17.2 Å². The van der Waals surface area contributed by atoms with Crippen LogP contribution < -0.4 is 0 Å². The first-order chi connectivity index (χ1) is 8.13. The number of piperidine rings is 1. The van der Waals surface area contributed by atoms with E-state index in [0.29, 0.717) is 19.4 Å². The lowest BCUT2D eigenvalue weighted by Crippen LogP contribution is -2.49. The Bertz CT molecular complexity index is 337. The molecule has 0 bridgehead atoms. The second-order valence-corrected chi connectivity index (χ2v) is 3.91. The van der Waals surface area contributed by atoms with Gasteiger partial charge in [0.05, 0.1) is 32.8 Å². The number of nitriles is 1. The van der Waals surface area contributed by atoms with Crippen molar-refractivity contribution in [3.63, 3.8) is 0 Å². The number of likely N-dealkylation sites (tertiary alicyclic amines) is 1. The number of rotatable bonds is 3. The predicted molar refractivity (Wildman–Crippen MR) is 57.7 cm³/mol. The van der Waals surface area contributed by atoms with Crippen LogP contribution in [0.4, 0.5) is 0 Å². The van der Waals surface area contributed by atoms with Crippen LogP contribution in [0.5, 0.6) is 0 Å². The maximum absolute atomic E-state index is 11.6. The van der Waals surface area contributed by atoms with E-state index in [9.17, 15) is 9.59 Å². The lowest BCUT2D eigenvalue weighted by Gasteiger charge is -2.35. The largest absolute Gasteiger partial charge is 0.469 e. The van der Waals surface area contributed by atoms with Gasteiger partial charge in [0.1, 0.15) is 6.04 Å². The van der Waals surface area contributed by atoms with Crippen LogP contribution in [-0.2, 0) is 19.1 Å². The summed E-state index contributed by atoms with van der Waals surface area (Å²) in [4.78, 5) is 24.7. The van der Waals surface area contributed by atoms with Crippen LogP contribution in [-0.4, -0.2) is 50.2 Å². The molecule has 1 saturated heterocycles. The highest BCUT2D eigenvalue weighted by atomic mass is 16.5. The van der Waals surface area contributed by atoms with Gasteiger partial charge in [0.25, 0.3) is 0 Å². The molecule has 0 radical (unpaired) electrons. The van der Waals surface area contributed by atoms with Gasteiger partial charge in [-0.1, -0.05) is 0 Å². The minimum atomic E-state index is -0.530. The van der Waals surface area contributed by atoms with E-state index in [1.807, 2.05) is 6.07 Å². The first-order valence-electron chi connectivity index (χ1n) is 5.40. The number of carbonyl (C=O) groups is 2. The molecule has 1 heterocycles. The maximum atomic E-state index is 11.6. The van der Waals surface area contributed by atoms with E-state index in [-0.39, 0.29) is 18.4 Å². The number of ether oxygens (including phenoxy) is 2. The molecule has 0 spiro atoms. The van der Waals surface area contributed by atoms with Gasteiger partial charge in [-0.3, -0.25) is 14.5 Å². The summed E-state index contributed by atoms with van der Waals surface area (Å²) in [5.41, 5.74) is 0. The molecule has 94 valence electrons. The van der Waals surface area contributed by atoms with Crippen molar-refractivity contribution >= 4 is 11.9 Å². The Hall–Kier alpha value is -1.61. The first kappa shape index (κ1) is 13.5. The third kappa shape index (κ3) is 3.17. The summed E-state index contributed by atoms with van der Waals surface area (Å²) in [5.74, 6) is -1.01. The van der Waals surface area contributed by atoms with Crippen molar-refractivity contribution in [1.82, 2.24) is 4.90 Å². The molecule has 1 rings (SSSR count). The van der Waals surface area contributed by atoms with E-state index in [0.717, 1.165) is 0 Å². The number of hydrogen-bond donors (Lipinski definition) is 0. The molecule has 0 aromatic heterocycles. The van der Waals surface area contributed by atoms with Gasteiger partial charge in [-0.25, -0.2) is 0 Å². The number of methoxy groups -OCH3 is 2. The van der Waals surface area contributed by atoms with Crippen LogP contribution in [0.25, 0.3) is 0 Å². The molecular weight excluding hydrogens is 224 g/mol. The van der Waals surface area contributed by atoms with Gasteiger partial charge in [0, 0.05) is 6.54 Å². The second kappa shape index (κ2) is 6.21. The van der Waals surface area contributed by atoms with Crippen molar-refractivity contribution in [1.29, 1.82) is 5.26 Å². The fourth-order valence-electron chi connectivity index (χ4n) is 2.06. The summed E-state index contributed by atoms with van der Waals surface area (Å²) in [6, 6.07) is 1.48. The van der Waals surface area contributed by atoms with Crippen LogP contribution in [0.15, 0.2) is 0 Å². The summed E-state index contributed by atoms with van der Waals surface area (Å²) in [5, 5.41) is 8.68. The predicted octanol–water partition coefficient (Wildman–Crippen LogP) is -0.0634. The van der Waals surface area contributed by atoms with E-state index in [1.165, 1.54) is 14.2 Å². The molecular formula is C11H16N2O4. The highest BCUT2D eigenvalue weighted by Gasteiger charge is 2.37. The molecule has 2 atom stereocenters. The molecule has 6 nitrogen and oxygen atoms in total. The van der Waals surface area contributed by atoms with E-state index in [2.05, 4.69) is 9.47 Å². The molecule has 1 fully saturated rings. The minimum absolute atomic E-state index is 0.160. The van der Waals surface area contributed by atoms with E-state index < -0.39 is 12.0 Å². The van der Waals surface area contributed by atoms with Gasteiger partial charge >= 0.3 is 11.9 Å². The fourth-order valence-corrected chi connectivity index (χ4v) is 2.06. The Kier molecular flexibility index (Phi) is 4.91. The quantitative estimate of drug-likeness (QED) is 0.507. The lowest BCUT2D eigenvalue weighted by molar-refractivity contribution is -0.153. The molecule has 1 aliphatic rings. The zero-order chi connectivity index (χ0) is 12.8. The molecule has 0 aliphatic carbocycles. The van der Waals surface area contributed by atoms with Crippen molar-refractivity contribution in [3.05, 3.63) is 0 Å². The molecule has 6 heteroatoms. The number of carbonyl (C=O) groups excluding carboxylic acids is 2. The normalized spacial score (nSPS) is 24.8. The van der Waals surface area contributed by atoms with Gasteiger partial charge in [0.15, 0.2) is 0 Å². The van der Waals surface area contributed by atoms with Crippen LogP contribution in [0.1, 0.15) is 12.8 Å². The average molecular weight is 240 g/mol. The van der Waals surface area contributed by atoms with Crippen molar-refractivity contribution in [2.75, 3.05) is 27.3 Å². The van der Waals surface area contributed by atoms with Gasteiger partial charge in [-0.15, -0.1) is 0 Å². The van der Waals surface area contributed by atoms with E-state index >= 15 is 0 Å². The Labute approximate surface area is 100 Å². The second-order valence-electron chi connectivity index (χ2n) is 3.91. The number of hydrogen-bond acceptors (Lipinski definition) is 6. The summed E-state index contributed by atoms with van der Waals surface area (Å²) in [6.45, 7) is 0.681. The zero-order valence-corrected chi connectivity index (χ0v) is 10.0. The third-order valence-corrected chi connectivity index (χ3v) is 2.99. The van der Waals surface area contributed by atoms with Crippen LogP contribution in [0.2, 0.25) is 0 Å². The van der Waals surface area contributed by atoms with Crippen LogP contribution in [0.3, 0.4) is 0 Å². The van der Waals surface area contributed by atoms with Gasteiger partial charge in [-0.05, 0) is 12.8 Å². The van der Waals surface area contributed by atoms with Crippen molar-refractivity contribution in [3.8, 4) is 6.07 Å². The Morgan fingerprint density at radius 1 is 1.35 bits per heavy atom. The molecule has 0 N–H and O–H groups in total. The van der Waals surface area contributed by atoms with Gasteiger partial charge in [-0.2, -0.15) is 5.26 Å². The Morgan fingerprint density at radius 2 is 2.00 bits per heavy atom. The molecule has 0 aromatic carbocycles. The number of esters is 2. The molecule has 0 unspecified atom stereocenters. The third-order valence-electron chi connectivity index (χ3n) is 2.99. The molecule has 0 aromatic rings. The van der Waals surface area contributed by atoms with Crippen molar-refractivity contribution in [2.45, 2.75) is 18.9 Å². The van der Waals surface area contributed by atoms with Crippen molar-refractivity contribution < 1.29 is 19.1 Å². The topological polar surface area (TPSA) is 79.6 Å². The Morgan fingerprint density at radius 3 is 2.53 bits per heavy atom. The van der Waals surface area contributed by atoms with Gasteiger partial charge in [0.2, 0.25) is 0 Å². The first-order valence-corrected chi connectivity index (χ1v) is 5.40.